The summed E-state index contributed by atoms with van der Waals surface area (Å²) in [5.41, 5.74) is 4.17. The van der Waals surface area contributed by atoms with E-state index in [1.807, 2.05) is 24.3 Å². The molecule has 0 saturated heterocycles. The molecule has 1 amide bonds. The van der Waals surface area contributed by atoms with Crippen molar-refractivity contribution in [3.05, 3.63) is 80.3 Å². The van der Waals surface area contributed by atoms with E-state index in [0.717, 1.165) is 15.6 Å². The van der Waals surface area contributed by atoms with Crippen molar-refractivity contribution in [3.63, 3.8) is 0 Å². The topological polar surface area (TPSA) is 84.6 Å². The summed E-state index contributed by atoms with van der Waals surface area (Å²) in [5.74, 6) is -0.211. The highest BCUT2D eigenvalue weighted by molar-refractivity contribution is 9.10. The lowest BCUT2D eigenvalue weighted by atomic mass is 10.1. The summed E-state index contributed by atoms with van der Waals surface area (Å²) in [4.78, 5) is 21.8. The standard InChI is InChI=1S/C17H14BrN3O3/c18-15-7-3-14(4-8-15)12-17(22)20-19-11-1-2-13-5-9-16(10-6-13)21(23)24/h1-11H,12H2,(H,20,22)/b2-1+,19-11-. The third-order valence-corrected chi connectivity index (χ3v) is 3.55. The van der Waals surface area contributed by atoms with E-state index in [2.05, 4.69) is 26.5 Å². The Labute approximate surface area is 147 Å². The van der Waals surface area contributed by atoms with Crippen LogP contribution < -0.4 is 5.43 Å². The Morgan fingerprint density at radius 2 is 1.83 bits per heavy atom. The van der Waals surface area contributed by atoms with Gasteiger partial charge in [-0.25, -0.2) is 5.43 Å². The van der Waals surface area contributed by atoms with Crippen molar-refractivity contribution in [2.24, 2.45) is 5.10 Å². The van der Waals surface area contributed by atoms with Gasteiger partial charge < -0.3 is 0 Å². The fourth-order valence-electron chi connectivity index (χ4n) is 1.84. The minimum absolute atomic E-state index is 0.0426. The fourth-order valence-corrected chi connectivity index (χ4v) is 2.11. The first kappa shape index (κ1) is 17.6. The average Bonchev–Trinajstić information content (AvgIpc) is 2.57. The zero-order valence-corrected chi connectivity index (χ0v) is 14.1. The number of nitro groups is 1. The number of nitrogens with zero attached hydrogens (tertiary/aromatic N) is 2. The van der Waals surface area contributed by atoms with Crippen molar-refractivity contribution >= 4 is 39.8 Å². The van der Waals surface area contributed by atoms with E-state index >= 15 is 0 Å². The monoisotopic (exact) mass is 387 g/mol. The quantitative estimate of drug-likeness (QED) is 0.465. The van der Waals surface area contributed by atoms with Crippen LogP contribution in [0, 0.1) is 10.1 Å². The molecule has 2 aromatic carbocycles. The number of rotatable bonds is 6. The molecule has 2 rings (SSSR count). The number of nitro benzene ring substituents is 1. The number of hydrazone groups is 1. The number of carbonyl (C=O) groups excluding carboxylic acids is 1. The predicted molar refractivity (Wildman–Crippen MR) is 96.6 cm³/mol. The third-order valence-electron chi connectivity index (χ3n) is 3.02. The Morgan fingerprint density at radius 3 is 2.46 bits per heavy atom. The van der Waals surface area contributed by atoms with Gasteiger partial charge in [0.2, 0.25) is 5.91 Å². The van der Waals surface area contributed by atoms with Gasteiger partial charge in [0.15, 0.2) is 0 Å². The molecule has 1 N–H and O–H groups in total. The Hall–Kier alpha value is -2.80. The van der Waals surface area contributed by atoms with Crippen molar-refractivity contribution in [3.8, 4) is 0 Å². The van der Waals surface area contributed by atoms with E-state index in [0.29, 0.717) is 0 Å². The zero-order chi connectivity index (χ0) is 17.4. The largest absolute Gasteiger partial charge is 0.273 e. The van der Waals surface area contributed by atoms with Crippen LogP contribution in [0.15, 0.2) is 64.2 Å². The number of nitrogens with one attached hydrogen (secondary N) is 1. The molecular weight excluding hydrogens is 374 g/mol. The molecule has 0 aliphatic heterocycles. The second-order valence-corrected chi connectivity index (χ2v) is 5.74. The molecule has 0 aliphatic rings. The van der Waals surface area contributed by atoms with E-state index in [1.54, 1.807) is 24.3 Å². The number of halogens is 1. The van der Waals surface area contributed by atoms with Gasteiger partial charge in [-0.15, -0.1) is 0 Å². The number of amides is 1. The predicted octanol–water partition coefficient (Wildman–Crippen LogP) is 3.72. The van der Waals surface area contributed by atoms with Gasteiger partial charge in [0.05, 0.1) is 11.3 Å². The molecule has 0 aliphatic carbocycles. The Balaban J connectivity index is 1.80. The highest BCUT2D eigenvalue weighted by Crippen LogP contribution is 2.12. The maximum atomic E-state index is 11.7. The molecular formula is C17H14BrN3O3. The lowest BCUT2D eigenvalue weighted by Crippen LogP contribution is -2.19. The molecule has 0 aromatic heterocycles. The van der Waals surface area contributed by atoms with Crippen LogP contribution in [0.25, 0.3) is 6.08 Å². The van der Waals surface area contributed by atoms with Gasteiger partial charge in [-0.05, 0) is 41.5 Å². The van der Waals surface area contributed by atoms with Crippen molar-refractivity contribution < 1.29 is 9.72 Å². The molecule has 0 atom stereocenters. The summed E-state index contributed by atoms with van der Waals surface area (Å²) < 4.78 is 0.959. The van der Waals surface area contributed by atoms with Crippen LogP contribution in [0.1, 0.15) is 11.1 Å². The highest BCUT2D eigenvalue weighted by Gasteiger charge is 2.02. The van der Waals surface area contributed by atoms with Gasteiger partial charge in [0.25, 0.3) is 5.69 Å². The minimum atomic E-state index is -0.448. The molecule has 0 saturated carbocycles. The lowest BCUT2D eigenvalue weighted by molar-refractivity contribution is -0.384. The number of carbonyl (C=O) groups is 1. The van der Waals surface area contributed by atoms with Crippen LogP contribution >= 0.6 is 15.9 Å². The van der Waals surface area contributed by atoms with Crippen molar-refractivity contribution in [1.82, 2.24) is 5.43 Å². The Bertz CT molecular complexity index is 769. The number of hydrogen-bond donors (Lipinski definition) is 1. The molecule has 0 fully saturated rings. The van der Waals surface area contributed by atoms with Gasteiger partial charge in [-0.2, -0.15) is 5.10 Å². The highest BCUT2D eigenvalue weighted by atomic mass is 79.9. The average molecular weight is 388 g/mol. The first-order valence-corrected chi connectivity index (χ1v) is 7.81. The molecule has 7 heteroatoms. The van der Waals surface area contributed by atoms with Crippen LogP contribution in [-0.2, 0) is 11.2 Å². The number of non-ortho nitro benzene ring substituents is 1. The van der Waals surface area contributed by atoms with E-state index in [1.165, 1.54) is 18.3 Å². The summed E-state index contributed by atoms with van der Waals surface area (Å²) in [5, 5.41) is 14.4. The number of hydrogen-bond acceptors (Lipinski definition) is 4. The summed E-state index contributed by atoms with van der Waals surface area (Å²) in [6, 6.07) is 13.6. The van der Waals surface area contributed by atoms with Gasteiger partial charge >= 0.3 is 0 Å². The Morgan fingerprint density at radius 1 is 1.17 bits per heavy atom. The molecule has 0 bridgehead atoms. The van der Waals surface area contributed by atoms with E-state index < -0.39 is 4.92 Å². The zero-order valence-electron chi connectivity index (χ0n) is 12.6. The second kappa shape index (κ2) is 8.73. The third kappa shape index (κ3) is 5.77. The van der Waals surface area contributed by atoms with Crippen LogP contribution in [0.5, 0.6) is 0 Å². The van der Waals surface area contributed by atoms with E-state index in [-0.39, 0.29) is 18.0 Å². The maximum absolute atomic E-state index is 11.7. The van der Waals surface area contributed by atoms with Crippen LogP contribution in [0.3, 0.4) is 0 Å². The van der Waals surface area contributed by atoms with Gasteiger partial charge in [0, 0.05) is 22.8 Å². The summed E-state index contributed by atoms with van der Waals surface area (Å²) in [6.45, 7) is 0. The van der Waals surface area contributed by atoms with E-state index in [9.17, 15) is 14.9 Å². The van der Waals surface area contributed by atoms with Gasteiger partial charge in [-0.1, -0.05) is 34.1 Å². The van der Waals surface area contributed by atoms with E-state index in [4.69, 9.17) is 0 Å². The fraction of sp³-hybridized carbons (Fsp3) is 0.0588. The van der Waals surface area contributed by atoms with Crippen molar-refractivity contribution in [1.29, 1.82) is 0 Å². The number of benzene rings is 2. The molecule has 24 heavy (non-hydrogen) atoms. The van der Waals surface area contributed by atoms with Gasteiger partial charge in [0.1, 0.15) is 0 Å². The van der Waals surface area contributed by atoms with Crippen LogP contribution in [0.2, 0.25) is 0 Å². The normalized spacial score (nSPS) is 11.0. The first-order valence-electron chi connectivity index (χ1n) is 7.02. The lowest BCUT2D eigenvalue weighted by Gasteiger charge is -2.00. The second-order valence-electron chi connectivity index (χ2n) is 4.82. The van der Waals surface area contributed by atoms with Crippen molar-refractivity contribution in [2.45, 2.75) is 6.42 Å². The molecule has 0 unspecified atom stereocenters. The Kier molecular flexibility index (Phi) is 6.39. The SMILES string of the molecule is O=C(Cc1ccc(Br)cc1)N/N=C\C=C\c1ccc([N+](=O)[O-])cc1. The smallest absolute Gasteiger partial charge is 0.269 e. The molecule has 0 spiro atoms. The van der Waals surface area contributed by atoms with Gasteiger partial charge in [-0.3, -0.25) is 14.9 Å². The minimum Gasteiger partial charge on any atom is -0.273 e. The molecule has 6 nitrogen and oxygen atoms in total. The maximum Gasteiger partial charge on any atom is 0.269 e. The summed E-state index contributed by atoms with van der Waals surface area (Å²) in [6.07, 6.45) is 5.06. The summed E-state index contributed by atoms with van der Waals surface area (Å²) in [7, 11) is 0. The molecule has 0 heterocycles. The van der Waals surface area contributed by atoms with Crippen LogP contribution in [-0.4, -0.2) is 17.0 Å². The van der Waals surface area contributed by atoms with Crippen LogP contribution in [0.4, 0.5) is 5.69 Å². The molecule has 122 valence electrons. The van der Waals surface area contributed by atoms with Crippen molar-refractivity contribution in [2.75, 3.05) is 0 Å². The summed E-state index contributed by atoms with van der Waals surface area (Å²) >= 11 is 3.34. The number of allylic oxidation sites excluding steroid dienone is 1. The molecule has 2 aromatic rings. The first-order chi connectivity index (χ1) is 11.5. The molecule has 0 radical (unpaired) electrons.